The number of morpholine rings is 1. The summed E-state index contributed by atoms with van der Waals surface area (Å²) in [6.45, 7) is 4.51. The summed E-state index contributed by atoms with van der Waals surface area (Å²) in [5, 5.41) is 25.3. The Morgan fingerprint density at radius 3 is 2.80 bits per heavy atom. The number of hydrogen-bond donors (Lipinski definition) is 1. The minimum absolute atomic E-state index is 0.0479. The molecule has 1 aromatic heterocycles. The maximum Gasteiger partial charge on any atom is 0.293 e. The molecule has 0 bridgehead atoms. The normalized spacial score (nSPS) is 14.4. The van der Waals surface area contributed by atoms with Gasteiger partial charge in [0.1, 0.15) is 5.69 Å². The topological polar surface area (TPSA) is 128 Å². The third-order valence-corrected chi connectivity index (χ3v) is 3.75. The van der Waals surface area contributed by atoms with Crippen LogP contribution in [0, 0.1) is 10.1 Å². The second kappa shape index (κ2) is 7.21. The Bertz CT molecular complexity index is 785. The van der Waals surface area contributed by atoms with Crippen molar-refractivity contribution in [1.29, 1.82) is 0 Å². The van der Waals surface area contributed by atoms with E-state index in [0.717, 1.165) is 0 Å². The summed E-state index contributed by atoms with van der Waals surface area (Å²) < 4.78 is 5.26. The van der Waals surface area contributed by atoms with Gasteiger partial charge in [0.25, 0.3) is 17.5 Å². The lowest BCUT2D eigenvalue weighted by molar-refractivity contribution is -0.384. The Morgan fingerprint density at radius 2 is 2.16 bits per heavy atom. The van der Waals surface area contributed by atoms with Gasteiger partial charge >= 0.3 is 0 Å². The number of carbonyl (C=O) groups is 1. The number of nitro benzene ring substituents is 1. The predicted molar refractivity (Wildman–Crippen MR) is 87.6 cm³/mol. The zero-order chi connectivity index (χ0) is 17.8. The lowest BCUT2D eigenvalue weighted by atomic mass is 10.1. The van der Waals surface area contributed by atoms with Crippen molar-refractivity contribution in [3.8, 4) is 0 Å². The van der Waals surface area contributed by atoms with Crippen molar-refractivity contribution in [2.24, 2.45) is 0 Å². The van der Waals surface area contributed by atoms with Crippen LogP contribution in [0.5, 0.6) is 0 Å². The number of hydrogen-bond acceptors (Lipinski definition) is 8. The van der Waals surface area contributed by atoms with Crippen molar-refractivity contribution in [1.82, 2.24) is 20.2 Å². The summed E-state index contributed by atoms with van der Waals surface area (Å²) >= 11 is 0. The quantitative estimate of drug-likeness (QED) is 0.618. The molecule has 11 heteroatoms. The summed E-state index contributed by atoms with van der Waals surface area (Å²) in [6, 6.07) is 4.37. The van der Waals surface area contributed by atoms with Crippen LogP contribution in [0.15, 0.2) is 18.2 Å². The summed E-state index contributed by atoms with van der Waals surface area (Å²) in [5.74, 6) is -0.487. The van der Waals surface area contributed by atoms with E-state index >= 15 is 0 Å². The van der Waals surface area contributed by atoms with E-state index in [0.29, 0.717) is 38.5 Å². The molecular formula is C14H17N7O4. The summed E-state index contributed by atoms with van der Waals surface area (Å²) in [4.78, 5) is 26.4. The Hall–Kier alpha value is -3.08. The average molecular weight is 347 g/mol. The number of aromatic nitrogens is 4. The van der Waals surface area contributed by atoms with Gasteiger partial charge in [0, 0.05) is 24.7 Å². The summed E-state index contributed by atoms with van der Waals surface area (Å²) in [7, 11) is 0. The number of ether oxygens (including phenoxy) is 1. The number of tetrazole rings is 1. The van der Waals surface area contributed by atoms with Crippen molar-refractivity contribution >= 4 is 23.2 Å². The van der Waals surface area contributed by atoms with Crippen molar-refractivity contribution < 1.29 is 14.5 Å². The number of nitro groups is 1. The van der Waals surface area contributed by atoms with E-state index in [2.05, 4.69) is 20.7 Å². The fraction of sp³-hybridized carbons (Fsp3) is 0.429. The van der Waals surface area contributed by atoms with Crippen LogP contribution in [0.4, 0.5) is 17.3 Å². The molecule has 25 heavy (non-hydrogen) atoms. The van der Waals surface area contributed by atoms with E-state index in [1.165, 1.54) is 16.9 Å². The van der Waals surface area contributed by atoms with Gasteiger partial charge in [0.2, 0.25) is 0 Å². The third-order valence-electron chi connectivity index (χ3n) is 3.75. The van der Waals surface area contributed by atoms with Crippen molar-refractivity contribution in [3.05, 3.63) is 33.9 Å². The van der Waals surface area contributed by atoms with Crippen LogP contribution in [-0.2, 0) is 11.3 Å². The summed E-state index contributed by atoms with van der Waals surface area (Å²) in [5.41, 5.74) is 0.496. The van der Waals surface area contributed by atoms with E-state index < -0.39 is 10.8 Å². The van der Waals surface area contributed by atoms with Crippen LogP contribution in [0.1, 0.15) is 17.3 Å². The first-order chi connectivity index (χ1) is 12.1. The lowest BCUT2D eigenvalue weighted by Crippen LogP contribution is -2.36. The van der Waals surface area contributed by atoms with E-state index in [1.54, 1.807) is 6.07 Å². The number of aryl methyl sites for hydroxylation is 1. The monoisotopic (exact) mass is 347 g/mol. The molecule has 11 nitrogen and oxygen atoms in total. The first-order valence-corrected chi connectivity index (χ1v) is 7.78. The van der Waals surface area contributed by atoms with E-state index in [9.17, 15) is 14.9 Å². The largest absolute Gasteiger partial charge is 0.378 e. The maximum atomic E-state index is 12.3. The number of nitrogens with one attached hydrogen (secondary N) is 1. The molecule has 2 heterocycles. The van der Waals surface area contributed by atoms with Crippen LogP contribution in [-0.4, -0.2) is 57.3 Å². The van der Waals surface area contributed by atoms with Gasteiger partial charge in [-0.3, -0.25) is 20.2 Å². The first kappa shape index (κ1) is 16.8. The average Bonchev–Trinajstić information content (AvgIpc) is 3.09. The Labute approximate surface area is 142 Å². The molecule has 1 saturated heterocycles. The van der Waals surface area contributed by atoms with Gasteiger partial charge in [-0.15, -0.1) is 5.10 Å². The highest BCUT2D eigenvalue weighted by Crippen LogP contribution is 2.30. The molecule has 0 radical (unpaired) electrons. The van der Waals surface area contributed by atoms with Gasteiger partial charge < -0.3 is 9.64 Å². The molecule has 1 N–H and O–H groups in total. The Morgan fingerprint density at radius 1 is 1.40 bits per heavy atom. The van der Waals surface area contributed by atoms with Gasteiger partial charge in [-0.1, -0.05) is 5.10 Å². The van der Waals surface area contributed by atoms with E-state index in [1.807, 2.05) is 11.8 Å². The molecule has 1 aliphatic heterocycles. The van der Waals surface area contributed by atoms with Crippen LogP contribution < -0.4 is 10.2 Å². The number of amides is 1. The minimum Gasteiger partial charge on any atom is -0.378 e. The molecule has 0 unspecified atom stereocenters. The van der Waals surface area contributed by atoms with E-state index in [4.69, 9.17) is 4.74 Å². The molecular weight excluding hydrogens is 330 g/mol. The second-order valence-electron chi connectivity index (χ2n) is 5.32. The van der Waals surface area contributed by atoms with Crippen molar-refractivity contribution in [3.63, 3.8) is 0 Å². The molecule has 3 rings (SSSR count). The predicted octanol–water partition coefficient (Wildman–Crippen LogP) is 0.690. The van der Waals surface area contributed by atoms with Crippen LogP contribution in [0.25, 0.3) is 0 Å². The number of benzene rings is 1. The van der Waals surface area contributed by atoms with Gasteiger partial charge in [-0.2, -0.15) is 4.80 Å². The number of rotatable bonds is 5. The molecule has 0 atom stereocenters. The molecule has 0 saturated carbocycles. The Balaban J connectivity index is 1.82. The van der Waals surface area contributed by atoms with Crippen molar-refractivity contribution in [2.75, 3.05) is 36.5 Å². The number of carbonyl (C=O) groups excluding carboxylic acids is 1. The van der Waals surface area contributed by atoms with Crippen LogP contribution in [0.2, 0.25) is 0 Å². The molecule has 0 aliphatic carbocycles. The standard InChI is InChI=1S/C14H17N7O4/c1-2-20-17-14(16-18-20)15-13(22)10-3-4-11(12(9-10)21(23)24)19-5-7-25-8-6-19/h3-4,9H,2,5-8H2,1H3,(H,15,17,22). The highest BCUT2D eigenvalue weighted by Gasteiger charge is 2.23. The van der Waals surface area contributed by atoms with Gasteiger partial charge in [0.15, 0.2) is 0 Å². The molecule has 1 aliphatic rings. The highest BCUT2D eigenvalue weighted by molar-refractivity contribution is 6.04. The smallest absolute Gasteiger partial charge is 0.293 e. The Kier molecular flexibility index (Phi) is 4.84. The fourth-order valence-electron chi connectivity index (χ4n) is 2.48. The lowest BCUT2D eigenvalue weighted by Gasteiger charge is -2.28. The zero-order valence-corrected chi connectivity index (χ0v) is 13.6. The minimum atomic E-state index is -0.535. The van der Waals surface area contributed by atoms with Crippen LogP contribution in [0.3, 0.4) is 0 Å². The molecule has 1 aromatic carbocycles. The van der Waals surface area contributed by atoms with Gasteiger partial charge in [0.05, 0.1) is 24.7 Å². The first-order valence-electron chi connectivity index (χ1n) is 7.78. The van der Waals surface area contributed by atoms with Crippen LogP contribution >= 0.6 is 0 Å². The molecule has 0 spiro atoms. The molecule has 1 amide bonds. The fourth-order valence-corrected chi connectivity index (χ4v) is 2.48. The highest BCUT2D eigenvalue weighted by atomic mass is 16.6. The van der Waals surface area contributed by atoms with Gasteiger partial charge in [-0.25, -0.2) is 0 Å². The molecule has 132 valence electrons. The summed E-state index contributed by atoms with van der Waals surface area (Å²) in [6.07, 6.45) is 0. The third kappa shape index (κ3) is 3.71. The van der Waals surface area contributed by atoms with Gasteiger partial charge in [-0.05, 0) is 24.3 Å². The number of anilines is 2. The maximum absolute atomic E-state index is 12.3. The van der Waals surface area contributed by atoms with E-state index in [-0.39, 0.29) is 17.2 Å². The molecule has 1 fully saturated rings. The molecule has 2 aromatic rings. The zero-order valence-electron chi connectivity index (χ0n) is 13.6. The number of nitrogens with zero attached hydrogens (tertiary/aromatic N) is 6. The SMILES string of the molecule is CCn1nnc(NC(=O)c2ccc(N3CCOCC3)c([N+](=O)[O-])c2)n1. The van der Waals surface area contributed by atoms with Crippen molar-refractivity contribution in [2.45, 2.75) is 13.5 Å². The second-order valence-corrected chi connectivity index (χ2v) is 5.32.